The molecule has 12 N–H and O–H groups in total. The van der Waals surface area contributed by atoms with Crippen LogP contribution in [-0.2, 0) is 20.4 Å². The van der Waals surface area contributed by atoms with Crippen LogP contribution in [0.15, 0.2) is 0 Å². The molecule has 0 unspecified atom stereocenters. The predicted octanol–water partition coefficient (Wildman–Crippen LogP) is -8.21. The third kappa shape index (κ3) is 17500. The topological polar surface area (TPSA) is 243 Å². The van der Waals surface area contributed by atoms with E-state index in [9.17, 15) is 0 Å². The van der Waals surface area contributed by atoms with E-state index in [0.29, 0.717) is 0 Å². The van der Waals surface area contributed by atoms with E-state index in [2.05, 4.69) is 0 Å². The first-order valence-electron chi connectivity index (χ1n) is 3.10. The maximum absolute atomic E-state index is 7.17. The summed E-state index contributed by atoms with van der Waals surface area (Å²) in [4.78, 5) is 0. The van der Waals surface area contributed by atoms with E-state index in [4.69, 9.17) is 60.3 Å². The minimum absolute atomic E-state index is 0. The predicted molar refractivity (Wildman–Crippen MR) is 49.6 cm³/mol. The van der Waals surface area contributed by atoms with Gasteiger partial charge in [-0.2, -0.15) is 0 Å². The summed E-state index contributed by atoms with van der Waals surface area (Å²) in [6, 6.07) is 0. The van der Waals surface area contributed by atoms with Crippen molar-refractivity contribution in [3.05, 3.63) is 0 Å². The molecule has 0 saturated carbocycles. The van der Waals surface area contributed by atoms with Gasteiger partial charge in [-0.25, -0.2) is 0 Å². The Kier molecular flexibility index (Phi) is 45.4. The van der Waals surface area contributed by atoms with Gasteiger partial charge in [-0.1, -0.05) is 0 Å². The van der Waals surface area contributed by atoms with Crippen molar-refractivity contribution in [2.24, 2.45) is 0 Å². The first-order chi connectivity index (χ1) is 6.93. The third-order valence-corrected chi connectivity index (χ3v) is 0. The molecule has 17 heteroatoms. The maximum Gasteiger partial charge on any atom is 0.631 e. The second-order valence-electron chi connectivity index (χ2n) is 1.39. The quantitative estimate of drug-likeness (QED) is 0.181. The molecule has 0 aromatic rings. The average Bonchev–Trinajstić information content (AvgIpc) is 1.76. The van der Waals surface area contributed by atoms with Gasteiger partial charge in [0.05, 0.1) is 0 Å². The molecule has 0 radical (unpaired) electrons. The van der Waals surface area contributed by atoms with Crippen molar-refractivity contribution in [1.82, 2.24) is 0 Å². The molecular weight excluding hydrogens is 342 g/mol. The van der Waals surface area contributed by atoms with Crippen LogP contribution in [0.3, 0.4) is 0 Å². The van der Waals surface area contributed by atoms with E-state index < -0.39 is 29.3 Å². The molecule has 0 aromatic heterocycles. The molecule has 0 aromatic carbocycles. The molecule has 0 rings (SSSR count). The maximum atomic E-state index is 7.17. The second-order valence-corrected chi connectivity index (χ2v) is 1.39. The summed E-state index contributed by atoms with van der Waals surface area (Å²) in [5, 5.41) is 86.0. The molecule has 0 atom stereocenters. The van der Waals surface area contributed by atoms with Crippen molar-refractivity contribution in [3.63, 3.8) is 0 Å². The fraction of sp³-hybridized carbons (Fsp3) is 0. The summed E-state index contributed by atoms with van der Waals surface area (Å²) < 4.78 is 0. The van der Waals surface area contributed by atoms with Crippen LogP contribution >= 0.6 is 0 Å². The van der Waals surface area contributed by atoms with Crippen LogP contribution in [0, 0.1) is 0 Å². The zero-order valence-electron chi connectivity index (χ0n) is 7.99. The SMILES string of the molecule is OB(O)O.OB(O)O.OB(O)O.OB(O)O.[Pd]. The van der Waals surface area contributed by atoms with Gasteiger partial charge in [0.15, 0.2) is 0 Å². The molecule has 0 heterocycles. The molecule has 17 heavy (non-hydrogen) atoms. The van der Waals surface area contributed by atoms with E-state index in [0.717, 1.165) is 0 Å². The average molecular weight is 354 g/mol. The number of rotatable bonds is 0. The van der Waals surface area contributed by atoms with Gasteiger partial charge in [-0.3, -0.25) is 0 Å². The van der Waals surface area contributed by atoms with Crippen LogP contribution in [0.4, 0.5) is 0 Å². The van der Waals surface area contributed by atoms with Gasteiger partial charge in [-0.15, -0.1) is 0 Å². The van der Waals surface area contributed by atoms with Gasteiger partial charge in [0, 0.05) is 20.4 Å². The largest absolute Gasteiger partial charge is 0.631 e. The van der Waals surface area contributed by atoms with E-state index in [-0.39, 0.29) is 20.4 Å². The summed E-state index contributed by atoms with van der Waals surface area (Å²) >= 11 is 0. The fourth-order valence-corrected chi connectivity index (χ4v) is 0. The van der Waals surface area contributed by atoms with Crippen molar-refractivity contribution in [1.29, 1.82) is 0 Å². The fourth-order valence-electron chi connectivity index (χ4n) is 0. The Hall–Kier alpha value is 0.442. The van der Waals surface area contributed by atoms with E-state index >= 15 is 0 Å². The zero-order chi connectivity index (χ0) is 14.3. The standard InChI is InChI=1S/4BH3O3.Pd/c4*2-1(3)4;/h4*2-4H;. The van der Waals surface area contributed by atoms with E-state index in [1.807, 2.05) is 0 Å². The zero-order valence-corrected chi connectivity index (χ0v) is 9.55. The monoisotopic (exact) mass is 354 g/mol. The first-order valence-corrected chi connectivity index (χ1v) is 3.10. The van der Waals surface area contributed by atoms with Gasteiger partial charge in [0.1, 0.15) is 0 Å². The smallest absolute Gasteiger partial charge is 0.402 e. The van der Waals surface area contributed by atoms with Crippen LogP contribution in [0.5, 0.6) is 0 Å². The normalized spacial score (nSPS) is 6.35. The van der Waals surface area contributed by atoms with Crippen LogP contribution in [0.25, 0.3) is 0 Å². The molecule has 0 aliphatic carbocycles. The van der Waals surface area contributed by atoms with Gasteiger partial charge in [0.25, 0.3) is 0 Å². The Balaban J connectivity index is -0.0000000369. The molecular formula is H12B4O12Pd. The molecule has 12 nitrogen and oxygen atoms in total. The Morgan fingerprint density at radius 3 is 0.294 bits per heavy atom. The summed E-state index contributed by atoms with van der Waals surface area (Å²) in [6.07, 6.45) is 0. The Labute approximate surface area is 110 Å². The van der Waals surface area contributed by atoms with Gasteiger partial charge in [0.2, 0.25) is 0 Å². The Morgan fingerprint density at radius 2 is 0.294 bits per heavy atom. The van der Waals surface area contributed by atoms with Crippen molar-refractivity contribution in [2.45, 2.75) is 0 Å². The minimum atomic E-state index is -2.17. The van der Waals surface area contributed by atoms with Gasteiger partial charge < -0.3 is 60.3 Å². The first kappa shape index (κ1) is 30.5. The number of hydrogen-bond donors (Lipinski definition) is 12. The summed E-state index contributed by atoms with van der Waals surface area (Å²) in [6.45, 7) is 0. The molecule has 0 aliphatic heterocycles. The Bertz CT molecular complexity index is 61.5. The molecule has 0 bridgehead atoms. The summed E-state index contributed by atoms with van der Waals surface area (Å²) in [7, 11) is -8.67. The molecule has 0 amide bonds. The second kappa shape index (κ2) is 25.3. The van der Waals surface area contributed by atoms with Crippen LogP contribution in [0.2, 0.25) is 0 Å². The van der Waals surface area contributed by atoms with Crippen molar-refractivity contribution >= 4 is 29.3 Å². The van der Waals surface area contributed by atoms with Crippen molar-refractivity contribution < 1.29 is 80.7 Å². The van der Waals surface area contributed by atoms with Crippen LogP contribution in [-0.4, -0.2) is 89.6 Å². The van der Waals surface area contributed by atoms with Gasteiger partial charge >= 0.3 is 29.3 Å². The minimum Gasteiger partial charge on any atom is -0.402 e. The molecule has 106 valence electrons. The molecule has 0 saturated heterocycles. The van der Waals surface area contributed by atoms with E-state index in [1.165, 1.54) is 0 Å². The van der Waals surface area contributed by atoms with Gasteiger partial charge in [-0.05, 0) is 0 Å². The van der Waals surface area contributed by atoms with Crippen LogP contribution < -0.4 is 0 Å². The number of hydrogen-bond acceptors (Lipinski definition) is 12. The van der Waals surface area contributed by atoms with Crippen LogP contribution in [0.1, 0.15) is 0 Å². The van der Waals surface area contributed by atoms with Crippen molar-refractivity contribution in [3.8, 4) is 0 Å². The summed E-state index contributed by atoms with van der Waals surface area (Å²) in [5.74, 6) is 0. The Morgan fingerprint density at radius 1 is 0.294 bits per heavy atom. The molecule has 0 fully saturated rings. The van der Waals surface area contributed by atoms with Crippen molar-refractivity contribution in [2.75, 3.05) is 0 Å². The summed E-state index contributed by atoms with van der Waals surface area (Å²) in [5.41, 5.74) is 0. The van der Waals surface area contributed by atoms with E-state index in [1.54, 1.807) is 0 Å². The third-order valence-electron chi connectivity index (χ3n) is 0. The molecule has 0 aliphatic rings. The molecule has 0 spiro atoms.